The predicted molar refractivity (Wildman–Crippen MR) is 73.1 cm³/mol. The van der Waals surface area contributed by atoms with Gasteiger partial charge in [0.25, 0.3) is 5.69 Å². The van der Waals surface area contributed by atoms with Crippen molar-refractivity contribution >= 4 is 15.5 Å². The monoisotopic (exact) mass is 292 g/mol. The summed E-state index contributed by atoms with van der Waals surface area (Å²) in [5, 5.41) is 10.7. The molecule has 1 heterocycles. The average molecular weight is 292 g/mol. The van der Waals surface area contributed by atoms with Crippen molar-refractivity contribution in [3.8, 4) is 0 Å². The van der Waals surface area contributed by atoms with Gasteiger partial charge in [0.1, 0.15) is 0 Å². The van der Waals surface area contributed by atoms with Gasteiger partial charge < -0.3 is 0 Å². The van der Waals surface area contributed by atoms with Gasteiger partial charge in [-0.15, -0.1) is 0 Å². The third-order valence-corrected chi connectivity index (χ3v) is 4.51. The van der Waals surface area contributed by atoms with E-state index >= 15 is 0 Å². The zero-order valence-electron chi connectivity index (χ0n) is 10.5. The lowest BCUT2D eigenvalue weighted by atomic mass is 10.2. The van der Waals surface area contributed by atoms with Crippen LogP contribution in [-0.2, 0) is 16.3 Å². The van der Waals surface area contributed by atoms with Crippen LogP contribution in [0.1, 0.15) is 5.56 Å². The number of aromatic nitrogens is 1. The molecule has 0 aliphatic heterocycles. The summed E-state index contributed by atoms with van der Waals surface area (Å²) in [6.07, 6.45) is 3.53. The van der Waals surface area contributed by atoms with Crippen molar-refractivity contribution in [3.63, 3.8) is 0 Å². The molecule has 2 aromatic rings. The number of benzene rings is 1. The Morgan fingerprint density at radius 1 is 1.15 bits per heavy atom. The number of aryl methyl sites for hydroxylation is 1. The van der Waals surface area contributed by atoms with Crippen LogP contribution < -0.4 is 0 Å². The summed E-state index contributed by atoms with van der Waals surface area (Å²) in [7, 11) is -3.54. The number of sulfone groups is 1. The second-order valence-corrected chi connectivity index (χ2v) is 6.29. The highest BCUT2D eigenvalue weighted by Gasteiger charge is 2.17. The van der Waals surface area contributed by atoms with E-state index in [0.29, 0.717) is 6.42 Å². The first-order chi connectivity index (χ1) is 9.49. The number of nitro groups is 1. The van der Waals surface area contributed by atoms with Gasteiger partial charge >= 0.3 is 0 Å². The highest BCUT2D eigenvalue weighted by molar-refractivity contribution is 7.91. The van der Waals surface area contributed by atoms with Gasteiger partial charge in [0, 0.05) is 24.5 Å². The maximum atomic E-state index is 12.1. The molecule has 0 fully saturated rings. The Bertz CT molecular complexity index is 714. The first kappa shape index (κ1) is 14.1. The Labute approximate surface area is 116 Å². The Balaban J connectivity index is 2.18. The molecule has 7 heteroatoms. The highest BCUT2D eigenvalue weighted by atomic mass is 32.2. The van der Waals surface area contributed by atoms with Crippen molar-refractivity contribution in [1.82, 2.24) is 4.98 Å². The summed E-state index contributed by atoms with van der Waals surface area (Å²) >= 11 is 0. The van der Waals surface area contributed by atoms with E-state index in [-0.39, 0.29) is 16.3 Å². The van der Waals surface area contributed by atoms with E-state index in [1.165, 1.54) is 18.2 Å². The summed E-state index contributed by atoms with van der Waals surface area (Å²) in [5.74, 6) is -0.0990. The lowest BCUT2D eigenvalue weighted by Crippen LogP contribution is -2.09. The minimum absolute atomic E-state index is 0.0271. The van der Waals surface area contributed by atoms with Crippen LogP contribution in [0.5, 0.6) is 0 Å². The fourth-order valence-corrected chi connectivity index (χ4v) is 3.04. The van der Waals surface area contributed by atoms with Crippen molar-refractivity contribution < 1.29 is 13.3 Å². The van der Waals surface area contributed by atoms with Crippen LogP contribution >= 0.6 is 0 Å². The molecular weight excluding hydrogens is 280 g/mol. The molecule has 0 saturated carbocycles. The van der Waals surface area contributed by atoms with Gasteiger partial charge in [-0.3, -0.25) is 15.1 Å². The first-order valence-corrected chi connectivity index (χ1v) is 7.50. The van der Waals surface area contributed by atoms with Gasteiger partial charge in [-0.1, -0.05) is 6.07 Å². The largest absolute Gasteiger partial charge is 0.270 e. The second kappa shape index (κ2) is 5.79. The number of nitro benzene ring substituents is 1. The Morgan fingerprint density at radius 3 is 2.50 bits per heavy atom. The van der Waals surface area contributed by atoms with E-state index in [4.69, 9.17) is 0 Å². The third-order valence-electron chi connectivity index (χ3n) is 2.80. The Kier molecular flexibility index (Phi) is 4.09. The zero-order valence-corrected chi connectivity index (χ0v) is 11.3. The lowest BCUT2D eigenvalue weighted by Gasteiger charge is -2.04. The van der Waals surface area contributed by atoms with E-state index in [1.54, 1.807) is 24.5 Å². The SMILES string of the molecule is O=[N+]([O-])c1cccc(S(=O)(=O)CCc2ccncc2)c1. The molecule has 0 radical (unpaired) electrons. The molecule has 0 bridgehead atoms. The van der Waals surface area contributed by atoms with Crippen LogP contribution in [0.25, 0.3) is 0 Å². The molecule has 0 saturated heterocycles. The summed E-state index contributed by atoms with van der Waals surface area (Å²) < 4.78 is 24.3. The second-order valence-electron chi connectivity index (χ2n) is 4.18. The van der Waals surface area contributed by atoms with Crippen LogP contribution in [0.4, 0.5) is 5.69 Å². The number of rotatable bonds is 5. The number of hydrogen-bond acceptors (Lipinski definition) is 5. The maximum absolute atomic E-state index is 12.1. The number of nitrogens with zero attached hydrogens (tertiary/aromatic N) is 2. The van der Waals surface area contributed by atoms with E-state index in [9.17, 15) is 18.5 Å². The minimum atomic E-state index is -3.54. The van der Waals surface area contributed by atoms with Crippen LogP contribution in [0.3, 0.4) is 0 Å². The molecule has 0 aliphatic rings. The molecule has 1 aromatic carbocycles. The number of pyridine rings is 1. The summed E-state index contributed by atoms with van der Waals surface area (Å²) in [6, 6.07) is 8.57. The van der Waals surface area contributed by atoms with E-state index in [0.717, 1.165) is 11.6 Å². The first-order valence-electron chi connectivity index (χ1n) is 5.85. The van der Waals surface area contributed by atoms with Crippen molar-refractivity contribution in [1.29, 1.82) is 0 Å². The molecule has 104 valence electrons. The van der Waals surface area contributed by atoms with Crippen LogP contribution in [0, 0.1) is 10.1 Å². The van der Waals surface area contributed by atoms with Gasteiger partial charge in [-0.05, 0) is 30.2 Å². The van der Waals surface area contributed by atoms with Gasteiger partial charge in [0.2, 0.25) is 0 Å². The standard InChI is InChI=1S/C13H12N2O4S/c16-15(17)12-2-1-3-13(10-12)20(18,19)9-6-11-4-7-14-8-5-11/h1-5,7-8,10H,6,9H2. The molecule has 0 N–H and O–H groups in total. The molecule has 6 nitrogen and oxygen atoms in total. The molecule has 20 heavy (non-hydrogen) atoms. The van der Waals surface area contributed by atoms with Crippen LogP contribution in [-0.4, -0.2) is 24.1 Å². The normalized spacial score (nSPS) is 11.2. The quantitative estimate of drug-likeness (QED) is 0.621. The average Bonchev–Trinajstić information content (AvgIpc) is 2.46. The molecule has 0 spiro atoms. The highest BCUT2D eigenvalue weighted by Crippen LogP contribution is 2.19. The van der Waals surface area contributed by atoms with Crippen LogP contribution in [0.2, 0.25) is 0 Å². The Hall–Kier alpha value is -2.28. The third kappa shape index (κ3) is 3.39. The predicted octanol–water partition coefficient (Wildman–Crippen LogP) is 2.01. The van der Waals surface area contributed by atoms with Gasteiger partial charge in [-0.25, -0.2) is 8.42 Å². The fourth-order valence-electron chi connectivity index (χ4n) is 1.71. The molecule has 2 rings (SSSR count). The van der Waals surface area contributed by atoms with Gasteiger partial charge in [0.15, 0.2) is 9.84 Å². The van der Waals surface area contributed by atoms with Crippen molar-refractivity contribution in [3.05, 3.63) is 64.5 Å². The summed E-state index contributed by atoms with van der Waals surface area (Å²) in [4.78, 5) is 13.9. The fraction of sp³-hybridized carbons (Fsp3) is 0.154. The molecule has 0 atom stereocenters. The summed E-state index contributed by atoms with van der Waals surface area (Å²) in [5.41, 5.74) is 0.629. The zero-order chi connectivity index (χ0) is 14.6. The number of non-ortho nitro benzene ring substituents is 1. The Morgan fingerprint density at radius 2 is 1.85 bits per heavy atom. The molecular formula is C13H12N2O4S. The maximum Gasteiger partial charge on any atom is 0.270 e. The molecule has 1 aromatic heterocycles. The smallest absolute Gasteiger partial charge is 0.265 e. The van der Waals surface area contributed by atoms with Crippen molar-refractivity contribution in [2.45, 2.75) is 11.3 Å². The van der Waals surface area contributed by atoms with Gasteiger partial charge in [-0.2, -0.15) is 0 Å². The minimum Gasteiger partial charge on any atom is -0.265 e. The molecule has 0 aliphatic carbocycles. The van der Waals surface area contributed by atoms with Crippen molar-refractivity contribution in [2.24, 2.45) is 0 Å². The van der Waals surface area contributed by atoms with Crippen molar-refractivity contribution in [2.75, 3.05) is 5.75 Å². The summed E-state index contributed by atoms with van der Waals surface area (Å²) in [6.45, 7) is 0. The van der Waals surface area contributed by atoms with Crippen LogP contribution in [0.15, 0.2) is 53.7 Å². The van der Waals surface area contributed by atoms with E-state index in [1.807, 2.05) is 0 Å². The lowest BCUT2D eigenvalue weighted by molar-refractivity contribution is -0.385. The van der Waals surface area contributed by atoms with E-state index < -0.39 is 14.8 Å². The van der Waals surface area contributed by atoms with Gasteiger partial charge in [0.05, 0.1) is 15.6 Å². The van der Waals surface area contributed by atoms with E-state index in [2.05, 4.69) is 4.98 Å². The topological polar surface area (TPSA) is 90.2 Å². The number of hydrogen-bond donors (Lipinski definition) is 0. The molecule has 0 unspecified atom stereocenters. The molecule has 0 amide bonds.